The van der Waals surface area contributed by atoms with E-state index in [-0.39, 0.29) is 0 Å². The first-order chi connectivity index (χ1) is 8.06. The molecular formula is C13H14ClN3. The number of anilines is 3. The summed E-state index contributed by atoms with van der Waals surface area (Å²) in [5.74, 6) is 0.791. The third kappa shape index (κ3) is 2.68. The summed E-state index contributed by atoms with van der Waals surface area (Å²) in [5.41, 5.74) is 9.29. The molecule has 2 aromatic rings. The Morgan fingerprint density at radius 1 is 1.18 bits per heavy atom. The first-order valence-electron chi connectivity index (χ1n) is 5.31. The van der Waals surface area contributed by atoms with E-state index in [0.717, 1.165) is 27.7 Å². The van der Waals surface area contributed by atoms with Crippen LogP contribution in [0, 0.1) is 13.8 Å². The Kier molecular flexibility index (Phi) is 3.20. The number of nitrogens with zero attached hydrogens (tertiary/aromatic N) is 1. The summed E-state index contributed by atoms with van der Waals surface area (Å²) in [6, 6.07) is 7.70. The van der Waals surface area contributed by atoms with Gasteiger partial charge < -0.3 is 11.1 Å². The van der Waals surface area contributed by atoms with E-state index in [2.05, 4.69) is 10.3 Å². The lowest BCUT2D eigenvalue weighted by Gasteiger charge is -2.10. The fraction of sp³-hybridized carbons (Fsp3) is 0.154. The number of rotatable bonds is 2. The second-order valence-corrected chi connectivity index (χ2v) is 4.43. The van der Waals surface area contributed by atoms with Gasteiger partial charge in [-0.05, 0) is 43.2 Å². The largest absolute Gasteiger partial charge is 0.397 e. The zero-order chi connectivity index (χ0) is 12.4. The minimum atomic E-state index is 0.662. The Hall–Kier alpha value is -1.74. The average Bonchev–Trinajstić information content (AvgIpc) is 2.27. The fourth-order valence-corrected chi connectivity index (χ4v) is 1.72. The number of nitrogen functional groups attached to an aromatic ring is 1. The summed E-state index contributed by atoms with van der Waals surface area (Å²) in [6.07, 6.45) is 1.63. The summed E-state index contributed by atoms with van der Waals surface area (Å²) in [4.78, 5) is 4.25. The molecule has 0 unspecified atom stereocenters. The Labute approximate surface area is 106 Å². The van der Waals surface area contributed by atoms with Crippen molar-refractivity contribution in [1.82, 2.24) is 4.98 Å². The number of aryl methyl sites for hydroxylation is 2. The third-order valence-corrected chi connectivity index (χ3v) is 2.94. The molecule has 0 aliphatic carbocycles. The predicted octanol–water partition coefficient (Wildman–Crippen LogP) is 3.68. The highest BCUT2D eigenvalue weighted by molar-refractivity contribution is 6.31. The quantitative estimate of drug-likeness (QED) is 0.851. The minimum absolute atomic E-state index is 0.662. The van der Waals surface area contributed by atoms with Gasteiger partial charge in [0.05, 0.1) is 11.9 Å². The number of hydrogen-bond acceptors (Lipinski definition) is 3. The van der Waals surface area contributed by atoms with E-state index in [9.17, 15) is 0 Å². The number of halogens is 1. The second-order valence-electron chi connectivity index (χ2n) is 4.02. The van der Waals surface area contributed by atoms with Crippen LogP contribution in [0.1, 0.15) is 11.1 Å². The lowest BCUT2D eigenvalue weighted by Crippen LogP contribution is -1.98. The molecule has 1 heterocycles. The summed E-state index contributed by atoms with van der Waals surface area (Å²) in [7, 11) is 0. The van der Waals surface area contributed by atoms with Gasteiger partial charge in [-0.15, -0.1) is 0 Å². The molecule has 88 valence electrons. The second kappa shape index (κ2) is 4.63. The SMILES string of the molecule is Cc1ccc(Nc2ncc(N)cc2C)cc1Cl. The van der Waals surface area contributed by atoms with E-state index in [1.165, 1.54) is 0 Å². The van der Waals surface area contributed by atoms with E-state index in [1.54, 1.807) is 6.20 Å². The van der Waals surface area contributed by atoms with Gasteiger partial charge in [0, 0.05) is 10.7 Å². The first kappa shape index (κ1) is 11.7. The standard InChI is InChI=1S/C13H14ClN3/c1-8-3-4-11(6-12(8)14)17-13-9(2)5-10(15)7-16-13/h3-7H,15H2,1-2H3,(H,16,17). The molecule has 0 atom stereocenters. The molecule has 0 bridgehead atoms. The van der Waals surface area contributed by atoms with E-state index in [4.69, 9.17) is 17.3 Å². The van der Waals surface area contributed by atoms with Crippen LogP contribution < -0.4 is 11.1 Å². The normalized spacial score (nSPS) is 10.3. The van der Waals surface area contributed by atoms with Crippen molar-refractivity contribution in [3.05, 3.63) is 46.6 Å². The van der Waals surface area contributed by atoms with Crippen molar-refractivity contribution in [3.8, 4) is 0 Å². The van der Waals surface area contributed by atoms with Crippen molar-refractivity contribution in [2.24, 2.45) is 0 Å². The highest BCUT2D eigenvalue weighted by atomic mass is 35.5. The lowest BCUT2D eigenvalue weighted by molar-refractivity contribution is 1.26. The van der Waals surface area contributed by atoms with Crippen LogP contribution in [-0.4, -0.2) is 4.98 Å². The highest BCUT2D eigenvalue weighted by Crippen LogP contribution is 2.24. The van der Waals surface area contributed by atoms with E-state index in [0.29, 0.717) is 5.69 Å². The van der Waals surface area contributed by atoms with Gasteiger partial charge in [-0.3, -0.25) is 0 Å². The van der Waals surface area contributed by atoms with Gasteiger partial charge >= 0.3 is 0 Å². The molecule has 0 radical (unpaired) electrons. The Morgan fingerprint density at radius 2 is 1.94 bits per heavy atom. The maximum Gasteiger partial charge on any atom is 0.133 e. The van der Waals surface area contributed by atoms with Crippen LogP contribution in [0.25, 0.3) is 0 Å². The molecule has 2 rings (SSSR count). The van der Waals surface area contributed by atoms with Gasteiger partial charge in [0.25, 0.3) is 0 Å². The van der Waals surface area contributed by atoms with Gasteiger partial charge in [-0.25, -0.2) is 4.98 Å². The van der Waals surface area contributed by atoms with Gasteiger partial charge in [0.1, 0.15) is 5.82 Å². The van der Waals surface area contributed by atoms with Crippen LogP contribution in [-0.2, 0) is 0 Å². The molecule has 0 spiro atoms. The molecule has 0 amide bonds. The van der Waals surface area contributed by atoms with Crippen LogP contribution in [0.5, 0.6) is 0 Å². The van der Waals surface area contributed by atoms with E-state index in [1.807, 2.05) is 38.1 Å². The zero-order valence-electron chi connectivity index (χ0n) is 9.79. The molecule has 1 aromatic heterocycles. The molecule has 0 fully saturated rings. The van der Waals surface area contributed by atoms with Crippen LogP contribution >= 0.6 is 11.6 Å². The Morgan fingerprint density at radius 3 is 2.59 bits per heavy atom. The molecule has 3 nitrogen and oxygen atoms in total. The van der Waals surface area contributed by atoms with Crippen molar-refractivity contribution in [3.63, 3.8) is 0 Å². The van der Waals surface area contributed by atoms with Crippen molar-refractivity contribution < 1.29 is 0 Å². The first-order valence-corrected chi connectivity index (χ1v) is 5.69. The maximum atomic E-state index is 6.06. The summed E-state index contributed by atoms with van der Waals surface area (Å²) < 4.78 is 0. The zero-order valence-corrected chi connectivity index (χ0v) is 10.5. The molecule has 1 aromatic carbocycles. The van der Waals surface area contributed by atoms with E-state index >= 15 is 0 Å². The number of benzene rings is 1. The predicted molar refractivity (Wildman–Crippen MR) is 72.9 cm³/mol. The van der Waals surface area contributed by atoms with E-state index < -0.39 is 0 Å². The average molecular weight is 248 g/mol. The van der Waals surface area contributed by atoms with Gasteiger partial charge in [-0.2, -0.15) is 0 Å². The molecule has 0 saturated heterocycles. The molecule has 0 saturated carbocycles. The lowest BCUT2D eigenvalue weighted by atomic mass is 10.2. The molecule has 4 heteroatoms. The smallest absolute Gasteiger partial charge is 0.133 e. The highest BCUT2D eigenvalue weighted by Gasteiger charge is 2.02. The summed E-state index contributed by atoms with van der Waals surface area (Å²) in [6.45, 7) is 3.93. The molecular weight excluding hydrogens is 234 g/mol. The Bertz CT molecular complexity index is 552. The van der Waals surface area contributed by atoms with Gasteiger partial charge in [0.2, 0.25) is 0 Å². The molecule has 3 N–H and O–H groups in total. The number of nitrogens with one attached hydrogen (secondary N) is 1. The van der Waals surface area contributed by atoms with Gasteiger partial charge in [-0.1, -0.05) is 17.7 Å². The number of nitrogens with two attached hydrogens (primary N) is 1. The molecule has 0 aliphatic heterocycles. The van der Waals surface area contributed by atoms with Gasteiger partial charge in [0.15, 0.2) is 0 Å². The van der Waals surface area contributed by atoms with Crippen LogP contribution in [0.3, 0.4) is 0 Å². The molecule has 0 aliphatic rings. The van der Waals surface area contributed by atoms with Crippen molar-refractivity contribution in [1.29, 1.82) is 0 Å². The van der Waals surface area contributed by atoms with Crippen molar-refractivity contribution in [2.45, 2.75) is 13.8 Å². The van der Waals surface area contributed by atoms with Crippen molar-refractivity contribution in [2.75, 3.05) is 11.1 Å². The number of pyridine rings is 1. The topological polar surface area (TPSA) is 50.9 Å². The summed E-state index contributed by atoms with van der Waals surface area (Å²) in [5, 5.41) is 3.96. The summed E-state index contributed by atoms with van der Waals surface area (Å²) >= 11 is 6.06. The Balaban J connectivity index is 2.28. The maximum absolute atomic E-state index is 6.06. The fourth-order valence-electron chi connectivity index (χ4n) is 1.53. The molecule has 17 heavy (non-hydrogen) atoms. The van der Waals surface area contributed by atoms with Crippen LogP contribution in [0.2, 0.25) is 5.02 Å². The monoisotopic (exact) mass is 247 g/mol. The number of aromatic nitrogens is 1. The number of hydrogen-bond donors (Lipinski definition) is 2. The van der Waals surface area contributed by atoms with Crippen molar-refractivity contribution >= 4 is 28.8 Å². The minimum Gasteiger partial charge on any atom is -0.397 e. The third-order valence-electron chi connectivity index (χ3n) is 2.53. The van der Waals surface area contributed by atoms with Crippen LogP contribution in [0.15, 0.2) is 30.5 Å². The van der Waals surface area contributed by atoms with Crippen LogP contribution in [0.4, 0.5) is 17.2 Å².